The maximum atomic E-state index is 11.3. The number of nitrogens with one attached hydrogen (secondary N) is 2. The van der Waals surface area contributed by atoms with E-state index in [1.807, 2.05) is 60.8 Å². The molecule has 4 aromatic rings. The van der Waals surface area contributed by atoms with Gasteiger partial charge in [-0.3, -0.25) is 0 Å². The minimum atomic E-state index is -1.09. The molecule has 2 unspecified atom stereocenters. The quantitative estimate of drug-likeness (QED) is 0.418. The highest BCUT2D eigenvalue weighted by molar-refractivity contribution is 5.90. The number of carboxylic acid groups (broad SMARTS) is 1. The fourth-order valence-electron chi connectivity index (χ4n) is 4.61. The number of carbonyl (C=O) groups is 1. The van der Waals surface area contributed by atoms with E-state index in [4.69, 9.17) is 0 Å². The van der Waals surface area contributed by atoms with Crippen molar-refractivity contribution < 1.29 is 15.0 Å². The fraction of sp³-hybridized carbons (Fsp3) is 0.174. The van der Waals surface area contributed by atoms with Crippen LogP contribution in [0.5, 0.6) is 0 Å². The summed E-state index contributed by atoms with van der Waals surface area (Å²) in [4.78, 5) is 23.2. The third-order valence-corrected chi connectivity index (χ3v) is 5.96. The second kappa shape index (κ2) is 6.96. The maximum absolute atomic E-state index is 11.3. The van der Waals surface area contributed by atoms with Gasteiger partial charge in [-0.1, -0.05) is 42.5 Å². The van der Waals surface area contributed by atoms with Crippen molar-refractivity contribution in [2.75, 3.05) is 6.54 Å². The fourth-order valence-corrected chi connectivity index (χ4v) is 4.61. The molecule has 1 amide bonds. The maximum Gasteiger partial charge on any atom is 0.404 e. The Morgan fingerprint density at radius 1 is 1.17 bits per heavy atom. The Labute approximate surface area is 172 Å². The van der Waals surface area contributed by atoms with Gasteiger partial charge in [-0.05, 0) is 35.2 Å². The summed E-state index contributed by atoms with van der Waals surface area (Å²) >= 11 is 0. The Bertz CT molecular complexity index is 1250. The van der Waals surface area contributed by atoms with E-state index in [9.17, 15) is 15.0 Å². The van der Waals surface area contributed by atoms with Crippen LogP contribution in [-0.2, 0) is 5.41 Å². The topological polar surface area (TPSA) is 111 Å². The number of H-pyrrole nitrogens is 1. The van der Waals surface area contributed by atoms with Gasteiger partial charge in [0, 0.05) is 29.1 Å². The second-order valence-electron chi connectivity index (χ2n) is 7.59. The zero-order chi connectivity index (χ0) is 20.7. The Kier molecular flexibility index (Phi) is 4.25. The number of hydrogen-bond donors (Lipinski definition) is 4. The van der Waals surface area contributed by atoms with Gasteiger partial charge >= 0.3 is 6.09 Å². The van der Waals surface area contributed by atoms with Crippen LogP contribution in [0.1, 0.15) is 29.2 Å². The predicted octanol–water partition coefficient (Wildman–Crippen LogP) is 3.62. The molecule has 0 fully saturated rings. The first-order valence-corrected chi connectivity index (χ1v) is 9.72. The van der Waals surface area contributed by atoms with Crippen molar-refractivity contribution in [2.45, 2.75) is 17.9 Å². The molecule has 2 heterocycles. The minimum absolute atomic E-state index is 0.170. The lowest BCUT2D eigenvalue weighted by molar-refractivity contribution is 0.158. The van der Waals surface area contributed by atoms with Crippen LogP contribution in [0.3, 0.4) is 0 Å². The Morgan fingerprint density at radius 2 is 2.03 bits per heavy atom. The summed E-state index contributed by atoms with van der Waals surface area (Å²) in [6.07, 6.45) is 2.01. The first kappa shape index (κ1) is 18.3. The van der Waals surface area contributed by atoms with Crippen molar-refractivity contribution in [1.82, 2.24) is 20.3 Å². The van der Waals surface area contributed by atoms with E-state index in [0.717, 1.165) is 39.0 Å². The molecule has 7 heteroatoms. The third kappa shape index (κ3) is 2.83. The number of aromatic amines is 1. The molecule has 0 spiro atoms. The molecule has 7 nitrogen and oxygen atoms in total. The SMILES string of the molecule is O=C(O)NCC1(c2cccc(-c3ncnc4[nH]ccc34)c2)CC(O)c2ccccc21. The molecule has 0 saturated heterocycles. The van der Waals surface area contributed by atoms with E-state index in [1.54, 1.807) is 0 Å². The summed E-state index contributed by atoms with van der Waals surface area (Å²) in [5, 5.41) is 23.5. The smallest absolute Gasteiger partial charge is 0.404 e. The highest BCUT2D eigenvalue weighted by Gasteiger charge is 2.44. The highest BCUT2D eigenvalue weighted by atomic mass is 16.4. The van der Waals surface area contributed by atoms with Crippen LogP contribution in [0, 0.1) is 0 Å². The standard InChI is InChI=1S/C23H20N4O3/c28-19-11-23(12-25-22(29)30,18-7-2-1-6-16(18)19)15-5-3-4-14(10-15)20-17-8-9-24-21(17)27-13-26-20/h1-10,13,19,25,28H,11-12H2,(H,29,30)(H,24,26,27). The number of aromatic nitrogens is 3. The lowest BCUT2D eigenvalue weighted by Gasteiger charge is -2.31. The predicted molar refractivity (Wildman–Crippen MR) is 112 cm³/mol. The first-order chi connectivity index (χ1) is 14.6. The summed E-state index contributed by atoms with van der Waals surface area (Å²) in [7, 11) is 0. The Morgan fingerprint density at radius 3 is 2.90 bits per heavy atom. The zero-order valence-corrected chi connectivity index (χ0v) is 16.0. The van der Waals surface area contributed by atoms with Crippen LogP contribution in [0.4, 0.5) is 4.79 Å². The zero-order valence-electron chi connectivity index (χ0n) is 16.0. The van der Waals surface area contributed by atoms with Gasteiger partial charge in [-0.15, -0.1) is 0 Å². The normalized spacial score (nSPS) is 20.2. The van der Waals surface area contributed by atoms with E-state index in [-0.39, 0.29) is 6.54 Å². The average Bonchev–Trinajstić information content (AvgIpc) is 3.36. The second-order valence-corrected chi connectivity index (χ2v) is 7.59. The van der Waals surface area contributed by atoms with Crippen molar-refractivity contribution in [2.24, 2.45) is 0 Å². The lowest BCUT2D eigenvalue weighted by atomic mass is 9.74. The van der Waals surface area contributed by atoms with Crippen LogP contribution >= 0.6 is 0 Å². The summed E-state index contributed by atoms with van der Waals surface area (Å²) in [6.45, 7) is 0.170. The number of aliphatic hydroxyl groups excluding tert-OH is 1. The number of hydrogen-bond acceptors (Lipinski definition) is 4. The van der Waals surface area contributed by atoms with Gasteiger partial charge in [0.2, 0.25) is 0 Å². The monoisotopic (exact) mass is 400 g/mol. The molecule has 0 saturated carbocycles. The molecule has 2 aromatic carbocycles. The van der Waals surface area contributed by atoms with Crippen LogP contribution in [-0.4, -0.2) is 37.8 Å². The minimum Gasteiger partial charge on any atom is -0.465 e. The van der Waals surface area contributed by atoms with Crippen LogP contribution in [0.2, 0.25) is 0 Å². The molecule has 30 heavy (non-hydrogen) atoms. The van der Waals surface area contributed by atoms with Gasteiger partial charge in [0.15, 0.2) is 0 Å². The summed E-state index contributed by atoms with van der Waals surface area (Å²) in [6, 6.07) is 17.6. The highest BCUT2D eigenvalue weighted by Crippen LogP contribution is 2.49. The van der Waals surface area contributed by atoms with Gasteiger partial charge in [0.25, 0.3) is 0 Å². The van der Waals surface area contributed by atoms with Gasteiger partial charge in [0.1, 0.15) is 12.0 Å². The molecule has 0 bridgehead atoms. The molecule has 2 aromatic heterocycles. The molecule has 2 atom stereocenters. The van der Waals surface area contributed by atoms with Gasteiger partial charge in [-0.25, -0.2) is 14.8 Å². The van der Waals surface area contributed by atoms with Crippen molar-refractivity contribution in [1.29, 1.82) is 0 Å². The summed E-state index contributed by atoms with van der Waals surface area (Å²) in [5.41, 5.74) is 4.51. The average molecular weight is 400 g/mol. The van der Waals surface area contributed by atoms with Crippen molar-refractivity contribution in [3.63, 3.8) is 0 Å². The molecule has 4 N–H and O–H groups in total. The van der Waals surface area contributed by atoms with E-state index in [0.29, 0.717) is 6.42 Å². The van der Waals surface area contributed by atoms with Gasteiger partial charge in [0.05, 0.1) is 11.8 Å². The van der Waals surface area contributed by atoms with Crippen LogP contribution in [0.25, 0.3) is 22.3 Å². The number of aliphatic hydroxyl groups is 1. The number of rotatable bonds is 4. The number of nitrogens with zero attached hydrogens (tertiary/aromatic N) is 2. The van der Waals surface area contributed by atoms with Crippen LogP contribution in [0.15, 0.2) is 67.1 Å². The van der Waals surface area contributed by atoms with Crippen molar-refractivity contribution >= 4 is 17.1 Å². The van der Waals surface area contributed by atoms with E-state index in [2.05, 4.69) is 20.3 Å². The Balaban J connectivity index is 1.68. The summed E-state index contributed by atoms with van der Waals surface area (Å²) in [5.74, 6) is 0. The molecule has 0 radical (unpaired) electrons. The van der Waals surface area contributed by atoms with E-state index >= 15 is 0 Å². The van der Waals surface area contributed by atoms with Crippen molar-refractivity contribution in [3.8, 4) is 11.3 Å². The van der Waals surface area contributed by atoms with Crippen molar-refractivity contribution in [3.05, 3.63) is 83.8 Å². The molecule has 1 aliphatic carbocycles. The number of amides is 1. The number of benzene rings is 2. The third-order valence-electron chi connectivity index (χ3n) is 5.96. The molecule has 1 aliphatic rings. The molecular formula is C23H20N4O3. The lowest BCUT2D eigenvalue weighted by Crippen LogP contribution is -2.40. The van der Waals surface area contributed by atoms with Gasteiger partial charge < -0.3 is 20.5 Å². The summed E-state index contributed by atoms with van der Waals surface area (Å²) < 4.78 is 0. The molecule has 5 rings (SSSR count). The Hall–Kier alpha value is -3.71. The van der Waals surface area contributed by atoms with Gasteiger partial charge in [-0.2, -0.15) is 0 Å². The van der Waals surface area contributed by atoms with Crippen LogP contribution < -0.4 is 5.32 Å². The molecule has 0 aliphatic heterocycles. The van der Waals surface area contributed by atoms with E-state index in [1.165, 1.54) is 6.33 Å². The largest absolute Gasteiger partial charge is 0.465 e. The number of fused-ring (bicyclic) bond motifs is 2. The van der Waals surface area contributed by atoms with E-state index < -0.39 is 17.6 Å². The molecule has 150 valence electrons. The first-order valence-electron chi connectivity index (χ1n) is 9.72. The molecular weight excluding hydrogens is 380 g/mol.